The zero-order chi connectivity index (χ0) is 33.8. The fourth-order valence-corrected chi connectivity index (χ4v) is 8.44. The van der Waals surface area contributed by atoms with E-state index in [2.05, 4.69) is 210 Å². The lowest BCUT2D eigenvalue weighted by atomic mass is 9.67. The molecule has 9 aromatic rings. The van der Waals surface area contributed by atoms with Gasteiger partial charge in [0, 0.05) is 27.8 Å². The van der Waals surface area contributed by atoms with E-state index in [0.29, 0.717) is 0 Å². The SMILES string of the molecule is c1ccc(-n2c3ccccc3c3cc(-c4ccc(Nc5ccc6c(c5)C(c5ccccc5)(c5ccccc5)c5ccccc5-6)cc4)ccc32)cc1. The first-order chi connectivity index (χ1) is 25.3. The van der Waals surface area contributed by atoms with Crippen molar-refractivity contribution in [3.63, 3.8) is 0 Å². The van der Waals surface area contributed by atoms with Crippen LogP contribution in [0.3, 0.4) is 0 Å². The molecule has 8 aromatic carbocycles. The van der Waals surface area contributed by atoms with Crippen molar-refractivity contribution >= 4 is 33.2 Å². The van der Waals surface area contributed by atoms with Gasteiger partial charge in [-0.2, -0.15) is 0 Å². The minimum absolute atomic E-state index is 0.418. The summed E-state index contributed by atoms with van der Waals surface area (Å²) in [7, 11) is 0. The number of fused-ring (bicyclic) bond motifs is 6. The fraction of sp³-hybridized carbons (Fsp3) is 0.0204. The second kappa shape index (κ2) is 11.8. The Bertz CT molecular complexity index is 2650. The molecule has 1 aromatic heterocycles. The molecule has 1 heterocycles. The first-order valence-electron chi connectivity index (χ1n) is 17.6. The van der Waals surface area contributed by atoms with E-state index in [4.69, 9.17) is 0 Å². The van der Waals surface area contributed by atoms with Crippen LogP contribution in [0.4, 0.5) is 11.4 Å². The van der Waals surface area contributed by atoms with Crippen molar-refractivity contribution in [2.75, 3.05) is 5.32 Å². The number of benzene rings is 8. The van der Waals surface area contributed by atoms with Crippen molar-refractivity contribution in [3.8, 4) is 27.9 Å². The van der Waals surface area contributed by atoms with Crippen LogP contribution in [0.5, 0.6) is 0 Å². The van der Waals surface area contributed by atoms with Crippen LogP contribution < -0.4 is 5.32 Å². The van der Waals surface area contributed by atoms with Gasteiger partial charge in [-0.05, 0) is 99.1 Å². The highest BCUT2D eigenvalue weighted by Gasteiger charge is 2.46. The molecule has 1 aliphatic rings. The predicted molar refractivity (Wildman–Crippen MR) is 213 cm³/mol. The Kier molecular flexibility index (Phi) is 6.75. The quantitative estimate of drug-likeness (QED) is 0.189. The lowest BCUT2D eigenvalue weighted by Gasteiger charge is -2.34. The number of hydrogen-bond donors (Lipinski definition) is 1. The van der Waals surface area contributed by atoms with Crippen molar-refractivity contribution in [2.45, 2.75) is 5.41 Å². The van der Waals surface area contributed by atoms with Gasteiger partial charge in [0.1, 0.15) is 0 Å². The van der Waals surface area contributed by atoms with Crippen molar-refractivity contribution < 1.29 is 0 Å². The summed E-state index contributed by atoms with van der Waals surface area (Å²) in [6.45, 7) is 0. The number of nitrogens with zero attached hydrogens (tertiary/aromatic N) is 1. The third-order valence-corrected chi connectivity index (χ3v) is 10.7. The van der Waals surface area contributed by atoms with Crippen LogP contribution in [0, 0.1) is 0 Å². The molecule has 10 rings (SSSR count). The number of hydrogen-bond acceptors (Lipinski definition) is 1. The van der Waals surface area contributed by atoms with E-state index in [-0.39, 0.29) is 0 Å². The number of para-hydroxylation sites is 2. The van der Waals surface area contributed by atoms with E-state index < -0.39 is 5.41 Å². The monoisotopic (exact) mass is 650 g/mol. The summed E-state index contributed by atoms with van der Waals surface area (Å²) in [5.41, 5.74) is 15.4. The van der Waals surface area contributed by atoms with Gasteiger partial charge in [-0.15, -0.1) is 0 Å². The van der Waals surface area contributed by atoms with Crippen LogP contribution in [-0.4, -0.2) is 4.57 Å². The number of aromatic nitrogens is 1. The molecular formula is C49H34N2. The molecule has 2 nitrogen and oxygen atoms in total. The van der Waals surface area contributed by atoms with E-state index in [1.165, 1.54) is 72.0 Å². The van der Waals surface area contributed by atoms with E-state index in [1.54, 1.807) is 0 Å². The molecule has 0 saturated heterocycles. The lowest BCUT2D eigenvalue weighted by molar-refractivity contribution is 0.769. The van der Waals surface area contributed by atoms with E-state index in [1.807, 2.05) is 0 Å². The van der Waals surface area contributed by atoms with Crippen molar-refractivity contribution in [1.82, 2.24) is 4.57 Å². The first kappa shape index (κ1) is 29.3. The molecule has 51 heavy (non-hydrogen) atoms. The highest BCUT2D eigenvalue weighted by molar-refractivity contribution is 6.10. The molecule has 240 valence electrons. The smallest absolute Gasteiger partial charge is 0.0714 e. The van der Waals surface area contributed by atoms with Gasteiger partial charge in [0.25, 0.3) is 0 Å². The van der Waals surface area contributed by atoms with Crippen LogP contribution >= 0.6 is 0 Å². The Morgan fingerprint density at radius 3 is 1.69 bits per heavy atom. The topological polar surface area (TPSA) is 17.0 Å². The summed E-state index contributed by atoms with van der Waals surface area (Å²) in [5, 5.41) is 6.27. The average Bonchev–Trinajstić information content (AvgIpc) is 3.69. The molecule has 0 spiro atoms. The number of anilines is 2. The van der Waals surface area contributed by atoms with Crippen LogP contribution in [0.15, 0.2) is 200 Å². The third-order valence-electron chi connectivity index (χ3n) is 10.7. The van der Waals surface area contributed by atoms with Crippen LogP contribution in [0.2, 0.25) is 0 Å². The molecule has 1 aliphatic carbocycles. The Labute approximate surface area is 297 Å². The fourth-order valence-electron chi connectivity index (χ4n) is 8.44. The third kappa shape index (κ3) is 4.57. The maximum atomic E-state index is 3.75. The van der Waals surface area contributed by atoms with Crippen molar-refractivity contribution in [2.24, 2.45) is 0 Å². The van der Waals surface area contributed by atoms with Gasteiger partial charge < -0.3 is 9.88 Å². The molecule has 0 amide bonds. The molecule has 0 aliphatic heterocycles. The van der Waals surface area contributed by atoms with Gasteiger partial charge in [0.05, 0.1) is 16.4 Å². The summed E-state index contributed by atoms with van der Waals surface area (Å²) in [5.74, 6) is 0. The summed E-state index contributed by atoms with van der Waals surface area (Å²) in [6, 6.07) is 72.7. The van der Waals surface area contributed by atoms with Gasteiger partial charge in [-0.1, -0.05) is 146 Å². The number of nitrogens with one attached hydrogen (secondary N) is 1. The molecule has 0 saturated carbocycles. The van der Waals surface area contributed by atoms with Crippen molar-refractivity contribution in [3.05, 3.63) is 222 Å². The van der Waals surface area contributed by atoms with Gasteiger partial charge in [-0.3, -0.25) is 0 Å². The molecule has 0 bridgehead atoms. The highest BCUT2D eigenvalue weighted by atomic mass is 15.0. The molecule has 2 heteroatoms. The van der Waals surface area contributed by atoms with Crippen molar-refractivity contribution in [1.29, 1.82) is 0 Å². The molecule has 0 fully saturated rings. The molecular weight excluding hydrogens is 617 g/mol. The zero-order valence-corrected chi connectivity index (χ0v) is 28.0. The molecule has 0 radical (unpaired) electrons. The normalized spacial score (nSPS) is 12.9. The Morgan fingerprint density at radius 2 is 0.941 bits per heavy atom. The van der Waals surface area contributed by atoms with Gasteiger partial charge in [0.15, 0.2) is 0 Å². The zero-order valence-electron chi connectivity index (χ0n) is 28.0. The van der Waals surface area contributed by atoms with E-state index in [9.17, 15) is 0 Å². The second-order valence-corrected chi connectivity index (χ2v) is 13.4. The van der Waals surface area contributed by atoms with Crippen LogP contribution in [0.25, 0.3) is 49.7 Å². The largest absolute Gasteiger partial charge is 0.356 e. The maximum Gasteiger partial charge on any atom is 0.0714 e. The summed E-state index contributed by atoms with van der Waals surface area (Å²) in [6.07, 6.45) is 0. The Morgan fingerprint density at radius 1 is 0.373 bits per heavy atom. The Balaban J connectivity index is 1.03. The molecule has 0 unspecified atom stereocenters. The van der Waals surface area contributed by atoms with Gasteiger partial charge in [-0.25, -0.2) is 0 Å². The summed E-state index contributed by atoms with van der Waals surface area (Å²) in [4.78, 5) is 0. The van der Waals surface area contributed by atoms with Gasteiger partial charge in [0.2, 0.25) is 0 Å². The maximum absolute atomic E-state index is 3.75. The average molecular weight is 651 g/mol. The molecule has 0 atom stereocenters. The minimum atomic E-state index is -0.418. The predicted octanol–water partition coefficient (Wildman–Crippen LogP) is 12.6. The highest BCUT2D eigenvalue weighted by Crippen LogP contribution is 2.56. The first-order valence-corrected chi connectivity index (χ1v) is 17.6. The van der Waals surface area contributed by atoms with Crippen LogP contribution in [-0.2, 0) is 5.41 Å². The summed E-state index contributed by atoms with van der Waals surface area (Å²) < 4.78 is 2.36. The Hall–Kier alpha value is -6.64. The summed E-state index contributed by atoms with van der Waals surface area (Å²) >= 11 is 0. The standard InChI is InChI=1S/C49H34N2/c1-4-14-36(15-5-1)49(37-16-6-2-7-17-37)45-22-12-10-20-41(45)42-30-29-39(33-46(42)49)50-38-27-24-34(25-28-38)35-26-31-48-44(32-35)43-21-11-13-23-47(43)51(48)40-18-8-3-9-19-40/h1-33,50H. The lowest BCUT2D eigenvalue weighted by Crippen LogP contribution is -2.28. The minimum Gasteiger partial charge on any atom is -0.356 e. The van der Waals surface area contributed by atoms with E-state index in [0.717, 1.165) is 11.4 Å². The molecule has 1 N–H and O–H groups in total. The van der Waals surface area contributed by atoms with Crippen LogP contribution in [0.1, 0.15) is 22.3 Å². The second-order valence-electron chi connectivity index (χ2n) is 13.4. The van der Waals surface area contributed by atoms with Gasteiger partial charge >= 0.3 is 0 Å². The number of rotatable bonds is 6. The van der Waals surface area contributed by atoms with E-state index >= 15 is 0 Å².